The van der Waals surface area contributed by atoms with Crippen molar-refractivity contribution in [2.75, 3.05) is 13.6 Å². The molecule has 34 heavy (non-hydrogen) atoms. The molecule has 1 heterocycles. The predicted octanol–water partition coefficient (Wildman–Crippen LogP) is 5.43. The highest BCUT2D eigenvalue weighted by Gasteiger charge is 2.34. The van der Waals surface area contributed by atoms with Crippen LogP contribution in [0.25, 0.3) is 6.08 Å². The normalized spacial score (nSPS) is 14.6. The van der Waals surface area contributed by atoms with Crippen molar-refractivity contribution in [1.82, 2.24) is 9.80 Å². The molecule has 1 fully saturated rings. The van der Waals surface area contributed by atoms with Crippen LogP contribution in [0.2, 0.25) is 0 Å². The van der Waals surface area contributed by atoms with Gasteiger partial charge in [0.15, 0.2) is 16.6 Å². The first kappa shape index (κ1) is 23.3. The Labute approximate surface area is 205 Å². The van der Waals surface area contributed by atoms with E-state index in [9.17, 15) is 4.79 Å². The second-order valence-corrected chi connectivity index (χ2v) is 8.20. The molecule has 0 unspecified atom stereocenters. The quantitative estimate of drug-likeness (QED) is 0.237. The molecule has 1 saturated heterocycles. The molecule has 0 atom stereocenters. The number of hydrogen-bond donors (Lipinski definition) is 0. The summed E-state index contributed by atoms with van der Waals surface area (Å²) in [5, 5.41) is 0.458. The number of likely N-dealkylation sites (N-methyl/N-ethyl adjacent to an activating group) is 1. The van der Waals surface area contributed by atoms with Crippen LogP contribution in [0.15, 0.2) is 97.2 Å². The molecular formula is C28H26N2O3S. The van der Waals surface area contributed by atoms with Gasteiger partial charge in [-0.25, -0.2) is 0 Å². The second-order valence-electron chi connectivity index (χ2n) is 7.83. The third kappa shape index (κ3) is 5.35. The minimum Gasteiger partial charge on any atom is -0.485 e. The molecule has 3 aromatic rings. The van der Waals surface area contributed by atoms with Gasteiger partial charge < -0.3 is 14.4 Å². The van der Waals surface area contributed by atoms with Crippen LogP contribution in [0.3, 0.4) is 0 Å². The fourth-order valence-electron chi connectivity index (χ4n) is 3.58. The molecule has 0 saturated carbocycles. The van der Waals surface area contributed by atoms with Gasteiger partial charge in [0.25, 0.3) is 5.91 Å². The van der Waals surface area contributed by atoms with Gasteiger partial charge in [0.05, 0.1) is 0 Å². The molecule has 0 bridgehead atoms. The lowest BCUT2D eigenvalue weighted by Crippen LogP contribution is -2.31. The monoisotopic (exact) mass is 470 g/mol. The summed E-state index contributed by atoms with van der Waals surface area (Å²) in [7, 11) is 1.79. The van der Waals surface area contributed by atoms with Gasteiger partial charge in [-0.2, -0.15) is 0 Å². The summed E-state index contributed by atoms with van der Waals surface area (Å²) in [6, 6.07) is 25.6. The topological polar surface area (TPSA) is 42.0 Å². The molecule has 3 aromatic carbocycles. The minimum atomic E-state index is -0.149. The Morgan fingerprint density at radius 2 is 1.47 bits per heavy atom. The number of benzene rings is 3. The lowest BCUT2D eigenvalue weighted by Gasteiger charge is -2.15. The zero-order valence-corrected chi connectivity index (χ0v) is 19.8. The van der Waals surface area contributed by atoms with Crippen molar-refractivity contribution < 1.29 is 14.3 Å². The van der Waals surface area contributed by atoms with E-state index in [2.05, 4.69) is 6.58 Å². The van der Waals surface area contributed by atoms with E-state index in [1.165, 1.54) is 4.90 Å². The molecule has 0 aliphatic carbocycles. The third-order valence-corrected chi connectivity index (χ3v) is 5.89. The lowest BCUT2D eigenvalue weighted by atomic mass is 10.1. The first-order chi connectivity index (χ1) is 16.6. The smallest absolute Gasteiger partial charge is 0.277 e. The maximum atomic E-state index is 12.9. The maximum Gasteiger partial charge on any atom is 0.277 e. The number of nitrogens with zero attached hydrogens (tertiary/aromatic N) is 2. The first-order valence-electron chi connectivity index (χ1n) is 11.0. The molecule has 0 radical (unpaired) electrons. The standard InChI is InChI=1S/C28H26N2O3S/c1-3-16-30-27(31)24(29(2)28(30)34)17-23-14-15-25(32-19-21-10-6-4-7-11-21)26(18-23)33-20-22-12-8-5-9-13-22/h3-15,17-18H,1,16,19-20H2,2H3/b24-17+. The Bertz CT molecular complexity index is 1210. The van der Waals surface area contributed by atoms with Crippen LogP contribution in [-0.2, 0) is 18.0 Å². The largest absolute Gasteiger partial charge is 0.485 e. The molecule has 0 aromatic heterocycles. The fourth-order valence-corrected chi connectivity index (χ4v) is 3.83. The van der Waals surface area contributed by atoms with Crippen LogP contribution in [0.1, 0.15) is 16.7 Å². The average Bonchev–Trinajstić information content (AvgIpc) is 3.07. The van der Waals surface area contributed by atoms with Gasteiger partial charge in [-0.05, 0) is 47.1 Å². The molecule has 6 heteroatoms. The van der Waals surface area contributed by atoms with E-state index >= 15 is 0 Å². The number of hydrogen-bond acceptors (Lipinski definition) is 4. The summed E-state index contributed by atoms with van der Waals surface area (Å²) in [6.07, 6.45) is 3.48. The third-order valence-electron chi connectivity index (χ3n) is 5.40. The van der Waals surface area contributed by atoms with E-state index in [0.29, 0.717) is 42.1 Å². The molecule has 1 amide bonds. The van der Waals surface area contributed by atoms with Crippen molar-refractivity contribution >= 4 is 29.3 Å². The number of rotatable bonds is 9. The molecule has 1 aliphatic heterocycles. The van der Waals surface area contributed by atoms with E-state index in [-0.39, 0.29) is 5.91 Å². The summed E-state index contributed by atoms with van der Waals surface area (Å²) >= 11 is 5.42. The van der Waals surface area contributed by atoms with Crippen molar-refractivity contribution in [3.05, 3.63) is 114 Å². The number of amides is 1. The molecule has 172 valence electrons. The van der Waals surface area contributed by atoms with Crippen LogP contribution in [-0.4, -0.2) is 34.4 Å². The van der Waals surface area contributed by atoms with Gasteiger partial charge in [0.1, 0.15) is 18.9 Å². The molecule has 1 aliphatic rings. The van der Waals surface area contributed by atoms with Crippen molar-refractivity contribution in [1.29, 1.82) is 0 Å². The zero-order chi connectivity index (χ0) is 23.9. The van der Waals surface area contributed by atoms with E-state index in [1.54, 1.807) is 18.0 Å². The molecule has 5 nitrogen and oxygen atoms in total. The van der Waals surface area contributed by atoms with Crippen LogP contribution < -0.4 is 9.47 Å². The van der Waals surface area contributed by atoms with Crippen LogP contribution in [0.5, 0.6) is 11.5 Å². The summed E-state index contributed by atoms with van der Waals surface area (Å²) < 4.78 is 12.2. The van der Waals surface area contributed by atoms with E-state index < -0.39 is 0 Å². The van der Waals surface area contributed by atoms with Gasteiger partial charge in [-0.1, -0.05) is 72.8 Å². The second kappa shape index (κ2) is 10.8. The van der Waals surface area contributed by atoms with Crippen LogP contribution in [0.4, 0.5) is 0 Å². The van der Waals surface area contributed by atoms with Crippen LogP contribution >= 0.6 is 12.2 Å². The Kier molecular flexibility index (Phi) is 7.40. The zero-order valence-electron chi connectivity index (χ0n) is 19.0. The molecule has 0 N–H and O–H groups in total. The number of carbonyl (C=O) groups is 1. The van der Waals surface area contributed by atoms with Crippen molar-refractivity contribution in [3.8, 4) is 11.5 Å². The Balaban J connectivity index is 1.60. The van der Waals surface area contributed by atoms with Crippen molar-refractivity contribution in [2.45, 2.75) is 13.2 Å². The highest BCUT2D eigenvalue weighted by atomic mass is 32.1. The average molecular weight is 471 g/mol. The number of carbonyl (C=O) groups excluding carboxylic acids is 1. The number of thiocarbonyl (C=S) groups is 1. The van der Waals surface area contributed by atoms with Crippen LogP contribution in [0, 0.1) is 0 Å². The predicted molar refractivity (Wildman–Crippen MR) is 138 cm³/mol. The SMILES string of the molecule is C=CCN1C(=O)/C(=C\c2ccc(OCc3ccccc3)c(OCc3ccccc3)c2)N(C)C1=S. The Morgan fingerprint density at radius 1 is 0.882 bits per heavy atom. The van der Waals surface area contributed by atoms with E-state index in [4.69, 9.17) is 21.7 Å². The Hall–Kier alpha value is -3.90. The molecule has 4 rings (SSSR count). The van der Waals surface area contributed by atoms with Gasteiger partial charge >= 0.3 is 0 Å². The lowest BCUT2D eigenvalue weighted by molar-refractivity contribution is -0.122. The highest BCUT2D eigenvalue weighted by molar-refractivity contribution is 7.80. The van der Waals surface area contributed by atoms with E-state index in [0.717, 1.165) is 16.7 Å². The highest BCUT2D eigenvalue weighted by Crippen LogP contribution is 2.32. The fraction of sp³-hybridized carbons (Fsp3) is 0.143. The maximum absolute atomic E-state index is 12.9. The van der Waals surface area contributed by atoms with E-state index in [1.807, 2.05) is 84.9 Å². The minimum absolute atomic E-state index is 0.149. The van der Waals surface area contributed by atoms with Crippen molar-refractivity contribution in [3.63, 3.8) is 0 Å². The van der Waals surface area contributed by atoms with Gasteiger partial charge in [-0.15, -0.1) is 6.58 Å². The summed E-state index contributed by atoms with van der Waals surface area (Å²) in [5.74, 6) is 1.09. The van der Waals surface area contributed by atoms with Crippen molar-refractivity contribution in [2.24, 2.45) is 0 Å². The molecule has 0 spiro atoms. The number of ether oxygens (including phenoxy) is 2. The van der Waals surface area contributed by atoms with Gasteiger partial charge in [0.2, 0.25) is 0 Å². The summed E-state index contributed by atoms with van der Waals surface area (Å²) in [6.45, 7) is 4.91. The van der Waals surface area contributed by atoms with Gasteiger partial charge in [-0.3, -0.25) is 9.69 Å². The van der Waals surface area contributed by atoms with Gasteiger partial charge in [0, 0.05) is 13.6 Å². The molecular weight excluding hydrogens is 444 g/mol. The first-order valence-corrected chi connectivity index (χ1v) is 11.4. The summed E-state index contributed by atoms with van der Waals surface area (Å²) in [4.78, 5) is 16.1. The summed E-state index contributed by atoms with van der Waals surface area (Å²) in [5.41, 5.74) is 3.43. The Morgan fingerprint density at radius 3 is 2.06 bits per heavy atom.